The molecule has 1 N–H and O–H groups in total. The molecule has 1 amide bonds. The maximum absolute atomic E-state index is 11.5. The van der Waals surface area contributed by atoms with Crippen LogP contribution < -0.4 is 0 Å². The SMILES string of the molecule is CCOC(=O)CN(C)C(=O)COC(=O)/C(C)=C/C(=O)O. The topological polar surface area (TPSA) is 110 Å². The highest BCUT2D eigenvalue weighted by Gasteiger charge is 2.16. The van der Waals surface area contributed by atoms with Gasteiger partial charge in [0.25, 0.3) is 5.91 Å². The molecule has 0 atom stereocenters. The Labute approximate surface area is 115 Å². The van der Waals surface area contributed by atoms with Crippen molar-refractivity contribution in [1.29, 1.82) is 0 Å². The average molecular weight is 287 g/mol. The number of carboxylic acid groups (broad SMARTS) is 1. The number of nitrogens with zero attached hydrogens (tertiary/aromatic N) is 1. The van der Waals surface area contributed by atoms with Crippen LogP contribution in [0.4, 0.5) is 0 Å². The normalized spacial score (nSPS) is 10.7. The van der Waals surface area contributed by atoms with E-state index >= 15 is 0 Å². The van der Waals surface area contributed by atoms with Crippen LogP contribution in [0.1, 0.15) is 13.8 Å². The van der Waals surface area contributed by atoms with Crippen LogP contribution in [0.5, 0.6) is 0 Å². The molecule has 0 saturated carbocycles. The lowest BCUT2D eigenvalue weighted by Gasteiger charge is -2.15. The Bertz CT molecular complexity index is 428. The predicted molar refractivity (Wildman–Crippen MR) is 66.6 cm³/mol. The van der Waals surface area contributed by atoms with Crippen molar-refractivity contribution in [3.63, 3.8) is 0 Å². The van der Waals surface area contributed by atoms with E-state index in [4.69, 9.17) is 5.11 Å². The smallest absolute Gasteiger partial charge is 0.334 e. The average Bonchev–Trinajstić information content (AvgIpc) is 2.34. The van der Waals surface area contributed by atoms with Crippen molar-refractivity contribution in [1.82, 2.24) is 4.90 Å². The van der Waals surface area contributed by atoms with Crippen molar-refractivity contribution in [3.8, 4) is 0 Å². The number of carbonyl (C=O) groups is 4. The van der Waals surface area contributed by atoms with Crippen molar-refractivity contribution in [2.75, 3.05) is 26.8 Å². The maximum atomic E-state index is 11.5. The minimum Gasteiger partial charge on any atom is -0.478 e. The Balaban J connectivity index is 4.25. The first-order valence-electron chi connectivity index (χ1n) is 5.75. The van der Waals surface area contributed by atoms with Gasteiger partial charge in [0.15, 0.2) is 6.61 Å². The molecule has 8 heteroatoms. The zero-order valence-electron chi connectivity index (χ0n) is 11.5. The molecule has 8 nitrogen and oxygen atoms in total. The molecule has 0 aromatic rings. The molecule has 0 fully saturated rings. The number of ether oxygens (including phenoxy) is 2. The van der Waals surface area contributed by atoms with Crippen molar-refractivity contribution in [3.05, 3.63) is 11.6 Å². The second kappa shape index (κ2) is 8.68. The van der Waals surface area contributed by atoms with Gasteiger partial charge in [-0.05, 0) is 13.8 Å². The van der Waals surface area contributed by atoms with E-state index < -0.39 is 30.4 Å². The summed E-state index contributed by atoms with van der Waals surface area (Å²) in [5.41, 5.74) is -0.140. The molecule has 112 valence electrons. The number of esters is 2. The fraction of sp³-hybridized carbons (Fsp3) is 0.500. The third-order valence-electron chi connectivity index (χ3n) is 2.09. The summed E-state index contributed by atoms with van der Waals surface area (Å²) in [6.07, 6.45) is 0.676. The molecule has 0 aliphatic carbocycles. The minimum absolute atomic E-state index is 0.140. The summed E-state index contributed by atoms with van der Waals surface area (Å²) < 4.78 is 9.27. The lowest BCUT2D eigenvalue weighted by atomic mass is 10.3. The van der Waals surface area contributed by atoms with Gasteiger partial charge in [-0.3, -0.25) is 9.59 Å². The highest BCUT2D eigenvalue weighted by Crippen LogP contribution is 1.98. The van der Waals surface area contributed by atoms with E-state index in [1.54, 1.807) is 6.92 Å². The molecule has 0 saturated heterocycles. The number of likely N-dealkylation sites (N-methyl/N-ethyl adjacent to an activating group) is 1. The van der Waals surface area contributed by atoms with Gasteiger partial charge in [-0.1, -0.05) is 0 Å². The Morgan fingerprint density at radius 2 is 1.80 bits per heavy atom. The van der Waals surface area contributed by atoms with Crippen molar-refractivity contribution in [2.24, 2.45) is 0 Å². The van der Waals surface area contributed by atoms with Gasteiger partial charge in [-0.25, -0.2) is 9.59 Å². The molecule has 0 unspecified atom stereocenters. The minimum atomic E-state index is -1.29. The van der Waals surface area contributed by atoms with Crippen molar-refractivity contribution < 1.29 is 33.8 Å². The van der Waals surface area contributed by atoms with Gasteiger partial charge in [0.05, 0.1) is 6.61 Å². The Morgan fingerprint density at radius 3 is 2.30 bits per heavy atom. The summed E-state index contributed by atoms with van der Waals surface area (Å²) in [4.78, 5) is 45.4. The third kappa shape index (κ3) is 7.14. The molecule has 0 aliphatic rings. The second-order valence-corrected chi connectivity index (χ2v) is 3.80. The summed E-state index contributed by atoms with van der Waals surface area (Å²) >= 11 is 0. The number of hydrogen-bond donors (Lipinski definition) is 1. The van der Waals surface area contributed by atoms with E-state index in [1.807, 2.05) is 0 Å². The molecule has 0 aromatic carbocycles. The van der Waals surface area contributed by atoms with Gasteiger partial charge in [0.2, 0.25) is 0 Å². The summed E-state index contributed by atoms with van der Waals surface area (Å²) in [5.74, 6) is -3.37. The van der Waals surface area contributed by atoms with Crippen LogP contribution in [-0.4, -0.2) is 60.6 Å². The summed E-state index contributed by atoms with van der Waals surface area (Å²) in [6, 6.07) is 0. The van der Waals surface area contributed by atoms with Crippen molar-refractivity contribution >= 4 is 23.8 Å². The molecule has 0 bridgehead atoms. The third-order valence-corrected chi connectivity index (χ3v) is 2.09. The summed E-state index contributed by atoms with van der Waals surface area (Å²) in [6.45, 7) is 2.26. The van der Waals surface area contributed by atoms with E-state index in [9.17, 15) is 19.2 Å². The van der Waals surface area contributed by atoms with Gasteiger partial charge in [-0.15, -0.1) is 0 Å². The van der Waals surface area contributed by atoms with Gasteiger partial charge in [-0.2, -0.15) is 0 Å². The molecule has 0 aliphatic heterocycles. The van der Waals surface area contributed by atoms with Crippen LogP contribution in [0.2, 0.25) is 0 Å². The second-order valence-electron chi connectivity index (χ2n) is 3.80. The van der Waals surface area contributed by atoms with E-state index in [0.717, 1.165) is 4.90 Å². The number of amides is 1. The zero-order chi connectivity index (χ0) is 15.7. The van der Waals surface area contributed by atoms with E-state index in [-0.39, 0.29) is 18.7 Å². The fourth-order valence-electron chi connectivity index (χ4n) is 1.08. The number of hydrogen-bond acceptors (Lipinski definition) is 6. The fourth-order valence-corrected chi connectivity index (χ4v) is 1.08. The maximum Gasteiger partial charge on any atom is 0.334 e. The number of aliphatic carboxylic acids is 1. The standard InChI is InChI=1S/C12H17NO7/c1-4-19-11(17)6-13(3)9(14)7-20-12(18)8(2)5-10(15)16/h5H,4,6-7H2,1-3H3,(H,15,16)/b8-5+. The molecule has 0 rings (SSSR count). The van der Waals surface area contributed by atoms with Crippen LogP contribution in [0.3, 0.4) is 0 Å². The summed E-state index contributed by atoms with van der Waals surface area (Å²) in [7, 11) is 1.35. The lowest BCUT2D eigenvalue weighted by Crippen LogP contribution is -2.36. The van der Waals surface area contributed by atoms with Crippen LogP contribution in [0.25, 0.3) is 0 Å². The largest absolute Gasteiger partial charge is 0.478 e. The molecule has 20 heavy (non-hydrogen) atoms. The first-order valence-corrected chi connectivity index (χ1v) is 5.75. The Hall–Kier alpha value is -2.38. The molecule has 0 heterocycles. The van der Waals surface area contributed by atoms with Gasteiger partial charge in [0, 0.05) is 18.7 Å². The van der Waals surface area contributed by atoms with E-state index in [1.165, 1.54) is 14.0 Å². The van der Waals surface area contributed by atoms with Crippen LogP contribution in [-0.2, 0) is 28.7 Å². The molecular formula is C12H17NO7. The Morgan fingerprint density at radius 1 is 1.20 bits per heavy atom. The zero-order valence-corrected chi connectivity index (χ0v) is 11.5. The number of rotatable bonds is 7. The molecule has 0 spiro atoms. The van der Waals surface area contributed by atoms with Gasteiger partial charge < -0.3 is 19.5 Å². The van der Waals surface area contributed by atoms with E-state index in [0.29, 0.717) is 6.08 Å². The number of carbonyl (C=O) groups excluding carboxylic acids is 3. The monoisotopic (exact) mass is 287 g/mol. The quantitative estimate of drug-likeness (QED) is 0.500. The number of carboxylic acids is 1. The van der Waals surface area contributed by atoms with Crippen LogP contribution >= 0.6 is 0 Å². The van der Waals surface area contributed by atoms with Crippen LogP contribution in [0.15, 0.2) is 11.6 Å². The highest BCUT2D eigenvalue weighted by atomic mass is 16.5. The van der Waals surface area contributed by atoms with Gasteiger partial charge in [0.1, 0.15) is 6.54 Å². The highest BCUT2D eigenvalue weighted by molar-refractivity contribution is 5.96. The first kappa shape index (κ1) is 17.6. The molecule has 0 aromatic heterocycles. The summed E-state index contributed by atoms with van der Waals surface area (Å²) in [5, 5.41) is 8.44. The first-order chi connectivity index (χ1) is 9.27. The Kier molecular flexibility index (Phi) is 7.64. The van der Waals surface area contributed by atoms with E-state index in [2.05, 4.69) is 9.47 Å². The lowest BCUT2D eigenvalue weighted by molar-refractivity contribution is -0.152. The molecular weight excluding hydrogens is 270 g/mol. The molecule has 0 radical (unpaired) electrons. The van der Waals surface area contributed by atoms with Gasteiger partial charge >= 0.3 is 17.9 Å². The van der Waals surface area contributed by atoms with Crippen LogP contribution in [0, 0.1) is 0 Å². The predicted octanol–water partition coefficient (Wildman–Crippen LogP) is -0.418. The van der Waals surface area contributed by atoms with Crippen molar-refractivity contribution in [2.45, 2.75) is 13.8 Å².